The number of carboxylic acid groups (broad SMARTS) is 1. The summed E-state index contributed by atoms with van der Waals surface area (Å²) in [6.07, 6.45) is 0.768. The van der Waals surface area contributed by atoms with Crippen molar-refractivity contribution in [1.29, 1.82) is 0 Å². The zero-order valence-electron chi connectivity index (χ0n) is 33.6. The lowest BCUT2D eigenvalue weighted by Gasteiger charge is -2.41. The maximum absolute atomic E-state index is 14.2. The van der Waals surface area contributed by atoms with Crippen LogP contribution in [0.4, 0.5) is 0 Å². The van der Waals surface area contributed by atoms with Crippen LogP contribution in [-0.2, 0) is 39.9 Å². The summed E-state index contributed by atoms with van der Waals surface area (Å²) in [7, 11) is 6.43. The van der Waals surface area contributed by atoms with E-state index in [1.807, 2.05) is 71.9 Å². The van der Waals surface area contributed by atoms with Crippen LogP contribution in [0.5, 0.6) is 0 Å². The first kappa shape index (κ1) is 46.0. The SMILES string of the molecule is CCC(C)[C@@H]([C@@H](CC(=O)N1CCC[C@H]1[C@H](OC)[C@@H](C)C(=O)NC(Cc1ccccc1)C(=O)O)OC)N(C)C(=O)[C@@H](NC(=O)[C@H](C(C)C)N(C)S)C(C)C. The number of hydrogen-bond acceptors (Lipinski definition) is 9. The van der Waals surface area contributed by atoms with Gasteiger partial charge in [0.1, 0.15) is 18.1 Å². The second-order valence-electron chi connectivity index (χ2n) is 15.2. The standard InChI is InChI=1S/C39H65N5O8S/c1-12-25(6)34(42(8)38(48)32(23(2)3)41-37(47)33(24(4)5)43(9)53)30(51-10)22-31(45)44-20-16-19-29(44)35(52-11)26(7)36(46)40-28(39(49)50)21-27-17-14-13-15-18-27/h13-15,17-18,23-26,28-30,32-35,53H,12,16,19-22H2,1-11H3,(H,40,46)(H,41,47)(H,49,50)/t25?,26-,28?,29+,30-,32+,33+,34+,35-/m1/s1. The van der Waals surface area contributed by atoms with Crippen LogP contribution in [0.1, 0.15) is 79.7 Å². The lowest BCUT2D eigenvalue weighted by molar-refractivity contribution is -0.148. The van der Waals surface area contributed by atoms with Crippen molar-refractivity contribution in [3.8, 4) is 0 Å². The predicted molar refractivity (Wildman–Crippen MR) is 208 cm³/mol. The van der Waals surface area contributed by atoms with Gasteiger partial charge in [-0.15, -0.1) is 0 Å². The van der Waals surface area contributed by atoms with Crippen LogP contribution in [0.15, 0.2) is 30.3 Å². The number of methoxy groups -OCH3 is 2. The molecule has 0 spiro atoms. The summed E-state index contributed by atoms with van der Waals surface area (Å²) in [4.78, 5) is 70.6. The minimum Gasteiger partial charge on any atom is -0.480 e. The van der Waals surface area contributed by atoms with Crippen LogP contribution in [-0.4, -0.2) is 126 Å². The molecule has 0 radical (unpaired) electrons. The third-order valence-electron chi connectivity index (χ3n) is 10.7. The van der Waals surface area contributed by atoms with Gasteiger partial charge in [0.05, 0.1) is 36.6 Å². The molecule has 1 heterocycles. The van der Waals surface area contributed by atoms with Gasteiger partial charge in [0.25, 0.3) is 0 Å². The van der Waals surface area contributed by atoms with Crippen LogP contribution in [0.3, 0.4) is 0 Å². The zero-order chi connectivity index (χ0) is 40.2. The molecule has 1 aromatic rings. The summed E-state index contributed by atoms with van der Waals surface area (Å²) in [5.41, 5.74) is 0.782. The molecule has 1 aliphatic rings. The van der Waals surface area contributed by atoms with E-state index < -0.39 is 60.2 Å². The summed E-state index contributed by atoms with van der Waals surface area (Å²) in [6, 6.07) is 5.69. The number of rotatable bonds is 21. The third-order valence-corrected chi connectivity index (χ3v) is 10.9. The van der Waals surface area contributed by atoms with Crippen LogP contribution in [0.25, 0.3) is 0 Å². The molecule has 13 nitrogen and oxygen atoms in total. The average molecular weight is 764 g/mol. The zero-order valence-corrected chi connectivity index (χ0v) is 34.5. The van der Waals surface area contributed by atoms with Crippen molar-refractivity contribution in [2.24, 2.45) is 23.7 Å². The summed E-state index contributed by atoms with van der Waals surface area (Å²) < 4.78 is 13.4. The van der Waals surface area contributed by atoms with Gasteiger partial charge in [0, 0.05) is 34.2 Å². The van der Waals surface area contributed by atoms with E-state index in [4.69, 9.17) is 9.47 Å². The van der Waals surface area contributed by atoms with Gasteiger partial charge in [-0.1, -0.05) is 98.0 Å². The number of benzene rings is 1. The van der Waals surface area contributed by atoms with E-state index in [1.165, 1.54) is 14.2 Å². The molecule has 2 rings (SSSR count). The number of carboxylic acids is 1. The van der Waals surface area contributed by atoms with Crippen LogP contribution in [0, 0.1) is 23.7 Å². The van der Waals surface area contributed by atoms with Crippen LogP contribution >= 0.6 is 12.8 Å². The molecule has 0 saturated carbocycles. The van der Waals surface area contributed by atoms with Crippen molar-refractivity contribution in [3.63, 3.8) is 0 Å². The fourth-order valence-electron chi connectivity index (χ4n) is 7.53. The molecule has 0 aliphatic carbocycles. The van der Waals surface area contributed by atoms with E-state index in [2.05, 4.69) is 23.4 Å². The Morgan fingerprint density at radius 3 is 2.06 bits per heavy atom. The number of nitrogens with zero attached hydrogens (tertiary/aromatic N) is 3. The van der Waals surface area contributed by atoms with Crippen molar-refractivity contribution in [3.05, 3.63) is 35.9 Å². The predicted octanol–water partition coefficient (Wildman–Crippen LogP) is 3.66. The summed E-state index contributed by atoms with van der Waals surface area (Å²) in [6.45, 7) is 13.8. The topological polar surface area (TPSA) is 158 Å². The first-order chi connectivity index (χ1) is 24.9. The highest BCUT2D eigenvalue weighted by Crippen LogP contribution is 2.30. The van der Waals surface area contributed by atoms with Gasteiger partial charge < -0.3 is 35.0 Å². The van der Waals surface area contributed by atoms with Gasteiger partial charge >= 0.3 is 5.97 Å². The Bertz CT molecular complexity index is 1340. The molecule has 53 heavy (non-hydrogen) atoms. The number of thiol groups is 1. The van der Waals surface area contributed by atoms with Gasteiger partial charge in [-0.25, -0.2) is 9.10 Å². The summed E-state index contributed by atoms with van der Waals surface area (Å²) in [5.74, 6) is -3.44. The van der Waals surface area contributed by atoms with Gasteiger partial charge in [-0.3, -0.25) is 19.2 Å². The molecule has 0 aromatic heterocycles. The summed E-state index contributed by atoms with van der Waals surface area (Å²) >= 11 is 4.38. The van der Waals surface area contributed by atoms with Gasteiger partial charge in [0.2, 0.25) is 23.6 Å². The molecule has 9 atom stereocenters. The molecule has 1 aliphatic heterocycles. The largest absolute Gasteiger partial charge is 0.480 e. The first-order valence-corrected chi connectivity index (χ1v) is 19.2. The fraction of sp³-hybridized carbons (Fsp3) is 0.718. The fourth-order valence-corrected chi connectivity index (χ4v) is 7.91. The quantitative estimate of drug-likeness (QED) is 0.137. The normalized spacial score (nSPS) is 19.2. The van der Waals surface area contributed by atoms with Gasteiger partial charge in [0.15, 0.2) is 0 Å². The number of carbonyl (C=O) groups is 5. The molecular weight excluding hydrogens is 699 g/mol. The lowest BCUT2D eigenvalue weighted by Crippen LogP contribution is -2.59. The highest BCUT2D eigenvalue weighted by atomic mass is 32.1. The average Bonchev–Trinajstić information content (AvgIpc) is 3.59. The monoisotopic (exact) mass is 763 g/mol. The third kappa shape index (κ3) is 12.4. The minimum absolute atomic E-state index is 0.0205. The molecule has 1 aromatic carbocycles. The first-order valence-electron chi connectivity index (χ1n) is 18.8. The molecule has 4 amide bonds. The number of likely N-dealkylation sites (tertiary alicyclic amines) is 1. The van der Waals surface area contributed by atoms with Crippen molar-refractivity contribution >= 4 is 42.4 Å². The number of hydrogen-bond donors (Lipinski definition) is 4. The molecular formula is C39H65N5O8S. The Balaban J connectivity index is 2.27. The van der Waals surface area contributed by atoms with Crippen molar-refractivity contribution < 1.29 is 38.6 Å². The Morgan fingerprint density at radius 1 is 0.943 bits per heavy atom. The number of aliphatic carboxylic acids is 1. The van der Waals surface area contributed by atoms with Crippen molar-refractivity contribution in [2.45, 2.75) is 123 Å². The number of likely N-dealkylation sites (N-methyl/N-ethyl adjacent to an activating group) is 2. The Hall–Kier alpha value is -3.20. The number of nitrogens with one attached hydrogen (secondary N) is 2. The van der Waals surface area contributed by atoms with E-state index in [1.54, 1.807) is 35.1 Å². The number of carbonyl (C=O) groups excluding carboxylic acids is 4. The van der Waals surface area contributed by atoms with Gasteiger partial charge in [-0.05, 0) is 43.2 Å². The van der Waals surface area contributed by atoms with Crippen LogP contribution in [0.2, 0.25) is 0 Å². The van der Waals surface area contributed by atoms with Crippen molar-refractivity contribution in [1.82, 2.24) is 24.7 Å². The minimum atomic E-state index is -1.14. The summed E-state index contributed by atoms with van der Waals surface area (Å²) in [5, 5.41) is 15.5. The molecule has 1 fully saturated rings. The highest BCUT2D eigenvalue weighted by Gasteiger charge is 2.43. The lowest BCUT2D eigenvalue weighted by atomic mass is 9.89. The van der Waals surface area contributed by atoms with E-state index in [-0.39, 0.29) is 48.3 Å². The number of ether oxygens (including phenoxy) is 2. The number of amides is 4. The highest BCUT2D eigenvalue weighted by molar-refractivity contribution is 7.77. The molecule has 2 unspecified atom stereocenters. The van der Waals surface area contributed by atoms with Crippen molar-refractivity contribution in [2.75, 3.05) is 34.9 Å². The molecule has 3 N–H and O–H groups in total. The van der Waals surface area contributed by atoms with E-state index in [9.17, 15) is 29.1 Å². The smallest absolute Gasteiger partial charge is 0.326 e. The molecule has 1 saturated heterocycles. The maximum atomic E-state index is 14.2. The van der Waals surface area contributed by atoms with Gasteiger partial charge in [-0.2, -0.15) is 0 Å². The Kier molecular flexibility index (Phi) is 18.8. The Labute approximate surface area is 322 Å². The molecule has 300 valence electrons. The second-order valence-corrected chi connectivity index (χ2v) is 15.8. The van der Waals surface area contributed by atoms with E-state index in [0.717, 1.165) is 5.56 Å². The second kappa shape index (κ2) is 21.6. The Morgan fingerprint density at radius 2 is 1.57 bits per heavy atom. The molecule has 14 heteroatoms. The van der Waals surface area contributed by atoms with E-state index in [0.29, 0.717) is 25.8 Å². The molecule has 0 bridgehead atoms. The maximum Gasteiger partial charge on any atom is 0.326 e. The van der Waals surface area contributed by atoms with Crippen LogP contribution < -0.4 is 10.6 Å². The van der Waals surface area contributed by atoms with E-state index >= 15 is 0 Å².